The van der Waals surface area contributed by atoms with Gasteiger partial charge in [0.25, 0.3) is 10.0 Å². The minimum absolute atomic E-state index is 0.0506. The molecule has 8 nitrogen and oxygen atoms in total. The number of primary amides is 1. The van der Waals surface area contributed by atoms with Crippen LogP contribution in [0.25, 0.3) is 11.0 Å². The fourth-order valence-corrected chi connectivity index (χ4v) is 4.69. The number of aryl methyl sites for hydroxylation is 1. The van der Waals surface area contributed by atoms with E-state index in [-0.39, 0.29) is 21.5 Å². The highest BCUT2D eigenvalue weighted by molar-refractivity contribution is 7.90. The van der Waals surface area contributed by atoms with Crippen LogP contribution in [-0.4, -0.2) is 41.6 Å². The second-order valence-electron chi connectivity index (χ2n) is 8.63. The molecule has 1 radical (unpaired) electrons. The first-order valence-electron chi connectivity index (χ1n) is 9.74. The van der Waals surface area contributed by atoms with Crippen LogP contribution in [0.3, 0.4) is 0 Å². The van der Waals surface area contributed by atoms with Gasteiger partial charge in [-0.2, -0.15) is 0 Å². The molecule has 0 atom stereocenters. The van der Waals surface area contributed by atoms with Crippen molar-refractivity contribution in [3.63, 3.8) is 0 Å². The van der Waals surface area contributed by atoms with Crippen LogP contribution in [0.2, 0.25) is 0 Å². The van der Waals surface area contributed by atoms with Crippen LogP contribution in [0.1, 0.15) is 43.6 Å². The van der Waals surface area contributed by atoms with Crippen LogP contribution in [0.4, 0.5) is 0 Å². The van der Waals surface area contributed by atoms with Crippen LogP contribution in [-0.2, 0) is 19.3 Å². The summed E-state index contributed by atoms with van der Waals surface area (Å²) in [4.78, 5) is 16.8. The Hall–Kier alpha value is -2.69. The van der Waals surface area contributed by atoms with Crippen molar-refractivity contribution in [3.8, 4) is 0 Å². The average molecular weight is 440 g/mol. The number of pyridine rings is 1. The van der Waals surface area contributed by atoms with Gasteiger partial charge in [0, 0.05) is 29.3 Å². The Morgan fingerprint density at radius 3 is 2.26 bits per heavy atom. The van der Waals surface area contributed by atoms with Gasteiger partial charge in [0.15, 0.2) is 5.65 Å². The van der Waals surface area contributed by atoms with Crippen LogP contribution < -0.4 is 11.2 Å². The van der Waals surface area contributed by atoms with Gasteiger partial charge in [-0.05, 0) is 46.8 Å². The standard InChI is InChI=1S/C21H23BN3O5S/c1-13-6-8-14(9-7-13)31(27,28)25-11-10-15-17(18(23)26)16(12-24-19(15)25)22-29-20(2,3)21(4,5)30-22/h6-9,11-12H,1-5H3,(H2,23,26). The van der Waals surface area contributed by atoms with Crippen molar-refractivity contribution >= 4 is 39.5 Å². The summed E-state index contributed by atoms with van der Waals surface area (Å²) in [7, 11) is -4.82. The van der Waals surface area contributed by atoms with Gasteiger partial charge in [-0.3, -0.25) is 4.79 Å². The van der Waals surface area contributed by atoms with Crippen LogP contribution in [0, 0.1) is 13.0 Å². The van der Waals surface area contributed by atoms with E-state index in [2.05, 4.69) is 11.1 Å². The summed E-state index contributed by atoms with van der Waals surface area (Å²) in [6.07, 6.45) is 2.62. The summed E-state index contributed by atoms with van der Waals surface area (Å²) >= 11 is 0. The van der Waals surface area contributed by atoms with Gasteiger partial charge in [0.1, 0.15) is 0 Å². The van der Waals surface area contributed by atoms with Crippen molar-refractivity contribution in [1.82, 2.24) is 8.96 Å². The molecule has 31 heavy (non-hydrogen) atoms. The first-order valence-corrected chi connectivity index (χ1v) is 11.2. The third-order valence-corrected chi connectivity index (χ3v) is 7.62. The molecule has 10 heteroatoms. The lowest BCUT2D eigenvalue weighted by atomic mass is 9.76. The molecule has 161 valence electrons. The monoisotopic (exact) mass is 440 g/mol. The predicted octanol–water partition coefficient (Wildman–Crippen LogP) is 1.78. The molecule has 3 heterocycles. The number of carbonyl (C=O) groups excluding carboxylic acids is 1. The molecule has 0 unspecified atom stereocenters. The molecule has 1 aromatic carbocycles. The highest BCUT2D eigenvalue weighted by atomic mass is 32.2. The Morgan fingerprint density at radius 2 is 1.71 bits per heavy atom. The number of nitrogens with two attached hydrogens (primary N) is 1. The lowest BCUT2D eigenvalue weighted by Gasteiger charge is -2.32. The van der Waals surface area contributed by atoms with E-state index < -0.39 is 34.3 Å². The van der Waals surface area contributed by atoms with E-state index in [9.17, 15) is 13.2 Å². The van der Waals surface area contributed by atoms with Gasteiger partial charge in [0.05, 0.1) is 21.7 Å². The van der Waals surface area contributed by atoms with Gasteiger partial charge in [-0.1, -0.05) is 17.7 Å². The van der Waals surface area contributed by atoms with E-state index >= 15 is 0 Å². The summed E-state index contributed by atoms with van der Waals surface area (Å²) in [6.45, 7) is 9.42. The Balaban J connectivity index is 1.87. The minimum atomic E-state index is -3.94. The van der Waals surface area contributed by atoms with Gasteiger partial charge < -0.3 is 15.0 Å². The van der Waals surface area contributed by atoms with Crippen molar-refractivity contribution in [2.24, 2.45) is 5.73 Å². The summed E-state index contributed by atoms with van der Waals surface area (Å²) in [5.74, 6) is -0.751. The Kier molecular flexibility index (Phi) is 4.80. The third-order valence-electron chi connectivity index (χ3n) is 5.95. The topological polar surface area (TPSA) is 114 Å². The van der Waals surface area contributed by atoms with Crippen molar-refractivity contribution in [1.29, 1.82) is 0 Å². The smallest absolute Gasteiger partial charge is 0.399 e. The Morgan fingerprint density at radius 1 is 1.13 bits per heavy atom. The lowest BCUT2D eigenvalue weighted by Crippen LogP contribution is -2.41. The number of amides is 1. The first kappa shape index (κ1) is 21.5. The molecule has 1 fully saturated rings. The van der Waals surface area contributed by atoms with Crippen molar-refractivity contribution in [2.45, 2.75) is 50.7 Å². The maximum Gasteiger partial charge on any atom is 0.497 e. The molecule has 1 aliphatic heterocycles. The van der Waals surface area contributed by atoms with E-state index in [1.807, 2.05) is 34.6 Å². The van der Waals surface area contributed by atoms with E-state index in [0.29, 0.717) is 5.46 Å². The van der Waals surface area contributed by atoms with E-state index in [4.69, 9.17) is 15.0 Å². The maximum absolute atomic E-state index is 13.2. The summed E-state index contributed by atoms with van der Waals surface area (Å²) in [5.41, 5.74) is 5.80. The SMILES string of the molecule is Cc1ccc(S(=O)(=O)n2c[c]c3c(C(N)=O)c(B4OC(C)(C)C(C)(C)O4)cnc32)cc1. The molecule has 0 aliphatic carbocycles. The number of carbonyl (C=O) groups is 1. The molecule has 3 aromatic rings. The molecule has 0 spiro atoms. The van der Waals surface area contributed by atoms with Crippen molar-refractivity contribution in [2.75, 3.05) is 0 Å². The summed E-state index contributed by atoms with van der Waals surface area (Å²) in [6, 6.07) is 9.29. The van der Waals surface area contributed by atoms with E-state index in [1.165, 1.54) is 24.5 Å². The molecule has 4 rings (SSSR count). The van der Waals surface area contributed by atoms with Crippen LogP contribution >= 0.6 is 0 Å². The van der Waals surface area contributed by atoms with Crippen molar-refractivity contribution in [3.05, 3.63) is 53.9 Å². The normalized spacial score (nSPS) is 17.9. The molecule has 1 amide bonds. The first-order chi connectivity index (χ1) is 14.3. The van der Waals surface area contributed by atoms with Crippen molar-refractivity contribution < 1.29 is 22.5 Å². The number of hydrogen-bond donors (Lipinski definition) is 1. The highest BCUT2D eigenvalue weighted by Gasteiger charge is 2.52. The maximum atomic E-state index is 13.2. The zero-order valence-corrected chi connectivity index (χ0v) is 18.8. The average Bonchev–Trinajstić information content (AvgIpc) is 3.19. The van der Waals surface area contributed by atoms with Crippen LogP contribution in [0.15, 0.2) is 41.6 Å². The number of fused-ring (bicyclic) bond motifs is 1. The van der Waals surface area contributed by atoms with Gasteiger partial charge in [-0.15, -0.1) is 0 Å². The Bertz CT molecular complexity index is 1280. The van der Waals surface area contributed by atoms with E-state index in [1.54, 1.807) is 12.1 Å². The fourth-order valence-electron chi connectivity index (χ4n) is 3.43. The second-order valence-corrected chi connectivity index (χ2v) is 10.4. The Labute approximate surface area is 181 Å². The number of hydrogen-bond acceptors (Lipinski definition) is 6. The highest BCUT2D eigenvalue weighted by Crippen LogP contribution is 2.37. The largest absolute Gasteiger partial charge is 0.497 e. The quantitative estimate of drug-likeness (QED) is 0.619. The molecule has 1 aliphatic rings. The molecular formula is C21H23BN3O5S. The fraction of sp³-hybridized carbons (Fsp3) is 0.333. The minimum Gasteiger partial charge on any atom is -0.399 e. The number of benzene rings is 1. The third kappa shape index (κ3) is 3.35. The number of nitrogens with zero attached hydrogens (tertiary/aromatic N) is 2. The molecule has 1 saturated heterocycles. The number of aromatic nitrogens is 2. The van der Waals surface area contributed by atoms with Gasteiger partial charge in [-0.25, -0.2) is 17.4 Å². The van der Waals surface area contributed by atoms with E-state index in [0.717, 1.165) is 9.54 Å². The summed E-state index contributed by atoms with van der Waals surface area (Å²) < 4.78 is 39.4. The molecule has 2 aromatic heterocycles. The predicted molar refractivity (Wildman–Crippen MR) is 117 cm³/mol. The van der Waals surface area contributed by atoms with Crippen LogP contribution in [0.5, 0.6) is 0 Å². The summed E-state index contributed by atoms with van der Waals surface area (Å²) in [5, 5.41) is 0.190. The zero-order chi connectivity index (χ0) is 22.8. The molecule has 0 bridgehead atoms. The van der Waals surface area contributed by atoms with Gasteiger partial charge in [0.2, 0.25) is 5.91 Å². The second kappa shape index (κ2) is 6.91. The number of rotatable bonds is 4. The lowest BCUT2D eigenvalue weighted by molar-refractivity contribution is 0.00578. The molecule has 0 saturated carbocycles. The molecular weight excluding hydrogens is 417 g/mol. The zero-order valence-electron chi connectivity index (χ0n) is 18.0. The molecule has 2 N–H and O–H groups in total. The van der Waals surface area contributed by atoms with Gasteiger partial charge >= 0.3 is 7.12 Å².